The third kappa shape index (κ3) is 7.11. The molecule has 2 N–H and O–H groups in total. The highest BCUT2D eigenvalue weighted by Crippen LogP contribution is 2.19. The lowest BCUT2D eigenvalue weighted by Gasteiger charge is -2.15. The molecule has 136 valence electrons. The van der Waals surface area contributed by atoms with Crippen LogP contribution < -0.4 is 15.4 Å². The van der Waals surface area contributed by atoms with Crippen molar-refractivity contribution in [1.82, 2.24) is 10.6 Å². The summed E-state index contributed by atoms with van der Waals surface area (Å²) < 4.78 is 18.5. The van der Waals surface area contributed by atoms with Crippen LogP contribution in [0.3, 0.4) is 0 Å². The van der Waals surface area contributed by atoms with Crippen LogP contribution in [0.5, 0.6) is 5.75 Å². The standard InChI is InChI=1S/C19H23FN2O2.ClH/c1-14(22-19(23)11-12-21-2)16-5-9-18(10-6-16)24-13-15-3-7-17(20)8-4-15;/h3-10,14,21H,11-13H2,1-2H3,(H,22,23);1H. The van der Waals surface area contributed by atoms with Gasteiger partial charge >= 0.3 is 0 Å². The Labute approximate surface area is 154 Å². The molecule has 0 radical (unpaired) electrons. The highest BCUT2D eigenvalue weighted by Gasteiger charge is 2.09. The predicted molar refractivity (Wildman–Crippen MR) is 99.5 cm³/mol. The molecular formula is C19H24ClFN2O2. The van der Waals surface area contributed by atoms with E-state index >= 15 is 0 Å². The van der Waals surface area contributed by atoms with E-state index in [2.05, 4.69) is 10.6 Å². The van der Waals surface area contributed by atoms with E-state index in [0.29, 0.717) is 19.6 Å². The molecule has 0 spiro atoms. The fourth-order valence-electron chi connectivity index (χ4n) is 2.24. The van der Waals surface area contributed by atoms with E-state index in [1.165, 1.54) is 12.1 Å². The summed E-state index contributed by atoms with van der Waals surface area (Å²) in [6.07, 6.45) is 0.458. The lowest BCUT2D eigenvalue weighted by molar-refractivity contribution is -0.121. The van der Waals surface area contributed by atoms with Crippen molar-refractivity contribution >= 4 is 18.3 Å². The number of benzene rings is 2. The first-order chi connectivity index (χ1) is 11.6. The Kier molecular flexibility index (Phi) is 8.95. The molecule has 0 bridgehead atoms. The van der Waals surface area contributed by atoms with Crippen molar-refractivity contribution < 1.29 is 13.9 Å². The molecule has 4 nitrogen and oxygen atoms in total. The molecule has 2 aromatic rings. The first-order valence-electron chi connectivity index (χ1n) is 7.99. The molecule has 0 aromatic heterocycles. The molecule has 2 aromatic carbocycles. The van der Waals surface area contributed by atoms with Gasteiger partial charge in [-0.05, 0) is 49.4 Å². The lowest BCUT2D eigenvalue weighted by atomic mass is 10.1. The lowest BCUT2D eigenvalue weighted by Crippen LogP contribution is -2.28. The number of halogens is 2. The van der Waals surface area contributed by atoms with E-state index in [1.54, 1.807) is 12.1 Å². The summed E-state index contributed by atoms with van der Waals surface area (Å²) in [6, 6.07) is 13.8. The highest BCUT2D eigenvalue weighted by atomic mass is 35.5. The van der Waals surface area contributed by atoms with Crippen LogP contribution in [-0.2, 0) is 11.4 Å². The topological polar surface area (TPSA) is 50.4 Å². The zero-order chi connectivity index (χ0) is 17.4. The zero-order valence-corrected chi connectivity index (χ0v) is 15.2. The summed E-state index contributed by atoms with van der Waals surface area (Å²) in [5, 5.41) is 5.91. The van der Waals surface area contributed by atoms with Crippen molar-refractivity contribution in [1.29, 1.82) is 0 Å². The van der Waals surface area contributed by atoms with Gasteiger partial charge in [-0.3, -0.25) is 4.79 Å². The van der Waals surface area contributed by atoms with Gasteiger partial charge in [-0.15, -0.1) is 12.4 Å². The molecule has 1 amide bonds. The molecule has 0 saturated carbocycles. The Balaban J connectivity index is 0.00000312. The van der Waals surface area contributed by atoms with E-state index in [1.807, 2.05) is 38.2 Å². The second-order valence-corrected chi connectivity index (χ2v) is 5.63. The van der Waals surface area contributed by atoms with E-state index in [0.717, 1.165) is 16.9 Å². The molecule has 0 aliphatic rings. The van der Waals surface area contributed by atoms with Gasteiger partial charge < -0.3 is 15.4 Å². The molecule has 0 heterocycles. The molecule has 0 saturated heterocycles. The van der Waals surface area contributed by atoms with Crippen LogP contribution in [0.4, 0.5) is 4.39 Å². The van der Waals surface area contributed by atoms with E-state index in [4.69, 9.17) is 4.74 Å². The number of carbonyl (C=O) groups excluding carboxylic acids is 1. The Morgan fingerprint density at radius 1 is 1.12 bits per heavy atom. The van der Waals surface area contributed by atoms with Gasteiger partial charge in [0.1, 0.15) is 18.2 Å². The summed E-state index contributed by atoms with van der Waals surface area (Å²) >= 11 is 0. The van der Waals surface area contributed by atoms with Gasteiger partial charge in [-0.1, -0.05) is 24.3 Å². The molecule has 6 heteroatoms. The van der Waals surface area contributed by atoms with Crippen LogP contribution in [0.2, 0.25) is 0 Å². The predicted octanol–water partition coefficient (Wildman–Crippen LogP) is 3.61. The van der Waals surface area contributed by atoms with Crippen LogP contribution in [0.1, 0.15) is 30.5 Å². The monoisotopic (exact) mass is 366 g/mol. The fourth-order valence-corrected chi connectivity index (χ4v) is 2.24. The molecular weight excluding hydrogens is 343 g/mol. The Hall–Kier alpha value is -2.11. The van der Waals surface area contributed by atoms with Gasteiger partial charge in [0.25, 0.3) is 0 Å². The minimum atomic E-state index is -0.256. The van der Waals surface area contributed by atoms with Crippen LogP contribution in [0.15, 0.2) is 48.5 Å². The van der Waals surface area contributed by atoms with Crippen LogP contribution in [-0.4, -0.2) is 19.5 Å². The van der Waals surface area contributed by atoms with Crippen molar-refractivity contribution in [3.63, 3.8) is 0 Å². The molecule has 2 rings (SSSR count). The largest absolute Gasteiger partial charge is 0.489 e. The van der Waals surface area contributed by atoms with Crippen LogP contribution in [0.25, 0.3) is 0 Å². The van der Waals surface area contributed by atoms with Gasteiger partial charge in [0.2, 0.25) is 5.91 Å². The van der Waals surface area contributed by atoms with Crippen LogP contribution in [0, 0.1) is 5.82 Å². The third-order valence-electron chi connectivity index (χ3n) is 3.68. The summed E-state index contributed by atoms with van der Waals surface area (Å²) in [5.41, 5.74) is 1.92. The quantitative estimate of drug-likeness (QED) is 0.750. The summed E-state index contributed by atoms with van der Waals surface area (Å²) in [5.74, 6) is 0.499. The summed E-state index contributed by atoms with van der Waals surface area (Å²) in [6.45, 7) is 3.00. The van der Waals surface area contributed by atoms with Crippen molar-refractivity contribution in [3.8, 4) is 5.75 Å². The van der Waals surface area contributed by atoms with Crippen molar-refractivity contribution in [3.05, 3.63) is 65.5 Å². The maximum absolute atomic E-state index is 12.9. The van der Waals surface area contributed by atoms with Crippen molar-refractivity contribution in [2.24, 2.45) is 0 Å². The Bertz CT molecular complexity index is 647. The minimum Gasteiger partial charge on any atom is -0.489 e. The Morgan fingerprint density at radius 3 is 2.36 bits per heavy atom. The molecule has 0 aliphatic heterocycles. The number of nitrogens with one attached hydrogen (secondary N) is 2. The van der Waals surface area contributed by atoms with Gasteiger partial charge in [0.15, 0.2) is 0 Å². The summed E-state index contributed by atoms with van der Waals surface area (Å²) in [4.78, 5) is 11.7. The molecule has 0 aliphatic carbocycles. The molecule has 1 atom stereocenters. The smallest absolute Gasteiger partial charge is 0.221 e. The SMILES string of the molecule is CNCCC(=O)NC(C)c1ccc(OCc2ccc(F)cc2)cc1.Cl. The average Bonchev–Trinajstić information content (AvgIpc) is 2.60. The fraction of sp³-hybridized carbons (Fsp3) is 0.316. The van der Waals surface area contributed by atoms with Crippen LogP contribution >= 0.6 is 12.4 Å². The Morgan fingerprint density at radius 2 is 1.76 bits per heavy atom. The molecule has 1 unspecified atom stereocenters. The summed E-state index contributed by atoms with van der Waals surface area (Å²) in [7, 11) is 1.82. The van der Waals surface area contributed by atoms with Gasteiger partial charge in [-0.25, -0.2) is 4.39 Å². The molecule has 0 fully saturated rings. The second-order valence-electron chi connectivity index (χ2n) is 5.63. The van der Waals surface area contributed by atoms with Gasteiger partial charge in [-0.2, -0.15) is 0 Å². The van der Waals surface area contributed by atoms with Crippen molar-refractivity contribution in [2.75, 3.05) is 13.6 Å². The number of ether oxygens (including phenoxy) is 1. The normalized spacial score (nSPS) is 11.3. The average molecular weight is 367 g/mol. The van der Waals surface area contributed by atoms with Gasteiger partial charge in [0, 0.05) is 13.0 Å². The van der Waals surface area contributed by atoms with E-state index in [9.17, 15) is 9.18 Å². The van der Waals surface area contributed by atoms with E-state index < -0.39 is 0 Å². The second kappa shape index (κ2) is 10.7. The van der Waals surface area contributed by atoms with Gasteiger partial charge in [0.05, 0.1) is 6.04 Å². The third-order valence-corrected chi connectivity index (χ3v) is 3.68. The number of carbonyl (C=O) groups is 1. The number of rotatable bonds is 8. The zero-order valence-electron chi connectivity index (χ0n) is 14.4. The minimum absolute atomic E-state index is 0. The number of amides is 1. The number of hydrogen-bond donors (Lipinski definition) is 2. The maximum atomic E-state index is 12.9. The highest BCUT2D eigenvalue weighted by molar-refractivity contribution is 5.85. The maximum Gasteiger partial charge on any atom is 0.221 e. The first kappa shape index (κ1) is 20.9. The number of hydrogen-bond acceptors (Lipinski definition) is 3. The van der Waals surface area contributed by atoms with E-state index in [-0.39, 0.29) is 30.2 Å². The molecule has 25 heavy (non-hydrogen) atoms. The first-order valence-corrected chi connectivity index (χ1v) is 7.99. The van der Waals surface area contributed by atoms with Crippen molar-refractivity contribution in [2.45, 2.75) is 26.0 Å².